The first-order chi connectivity index (χ1) is 14.5. The minimum absolute atomic E-state index is 0.0759. The van der Waals surface area contributed by atoms with Gasteiger partial charge >= 0.3 is 0 Å². The molecule has 154 valence electrons. The van der Waals surface area contributed by atoms with Crippen LogP contribution in [-0.2, 0) is 4.74 Å². The van der Waals surface area contributed by atoms with Gasteiger partial charge in [-0.25, -0.2) is 8.78 Å². The molecule has 1 aliphatic rings. The normalized spacial score (nSPS) is 16.5. The van der Waals surface area contributed by atoms with Crippen LogP contribution in [0, 0.1) is 18.6 Å². The van der Waals surface area contributed by atoms with Crippen LogP contribution in [0.15, 0.2) is 59.8 Å². The maximum absolute atomic E-state index is 14.2. The number of pyridine rings is 2. The molecule has 3 aromatic rings. The van der Waals surface area contributed by atoms with Crippen molar-refractivity contribution < 1.29 is 18.3 Å². The average Bonchev–Trinajstić information content (AvgIpc) is 2.76. The van der Waals surface area contributed by atoms with Crippen molar-refractivity contribution in [3.63, 3.8) is 0 Å². The number of rotatable bonds is 3. The molecule has 0 aliphatic carbocycles. The highest BCUT2D eigenvalue weighted by atomic mass is 19.1. The fraction of sp³-hybridized carbons (Fsp3) is 0.227. The van der Waals surface area contributed by atoms with Gasteiger partial charge in [0.2, 0.25) is 0 Å². The van der Waals surface area contributed by atoms with Crippen LogP contribution in [-0.4, -0.2) is 40.1 Å². The molecule has 1 saturated heterocycles. The van der Waals surface area contributed by atoms with Crippen molar-refractivity contribution in [2.45, 2.75) is 13.0 Å². The molecule has 1 aliphatic heterocycles. The van der Waals surface area contributed by atoms with Crippen LogP contribution in [0.2, 0.25) is 0 Å². The summed E-state index contributed by atoms with van der Waals surface area (Å²) in [6, 6.07) is 8.02. The smallest absolute Gasteiger partial charge is 0.268 e. The molecule has 0 saturated carbocycles. The lowest BCUT2D eigenvalue weighted by Crippen LogP contribution is -2.44. The van der Waals surface area contributed by atoms with E-state index in [0.29, 0.717) is 18.7 Å². The van der Waals surface area contributed by atoms with E-state index in [1.165, 1.54) is 17.2 Å². The summed E-state index contributed by atoms with van der Waals surface area (Å²) in [6.07, 6.45) is 4.30. The van der Waals surface area contributed by atoms with Gasteiger partial charge in [0.05, 0.1) is 18.8 Å². The topological polar surface area (TPSA) is 64.4 Å². The Bertz CT molecular complexity index is 1150. The van der Waals surface area contributed by atoms with Crippen molar-refractivity contribution in [1.29, 1.82) is 0 Å². The Balaban J connectivity index is 1.69. The van der Waals surface area contributed by atoms with Crippen molar-refractivity contribution in [3.05, 3.63) is 93.7 Å². The largest absolute Gasteiger partial charge is 0.370 e. The number of nitrogens with zero attached hydrogens (tertiary/aromatic N) is 3. The zero-order chi connectivity index (χ0) is 21.3. The number of halogens is 2. The predicted molar refractivity (Wildman–Crippen MR) is 106 cm³/mol. The molecule has 0 radical (unpaired) electrons. The number of amides is 1. The molecular weight excluding hydrogens is 392 g/mol. The first-order valence-corrected chi connectivity index (χ1v) is 9.44. The third-order valence-corrected chi connectivity index (χ3v) is 5.09. The molecular formula is C22H19F2N3O3. The molecule has 1 amide bonds. The van der Waals surface area contributed by atoms with Gasteiger partial charge < -0.3 is 9.64 Å². The maximum Gasteiger partial charge on any atom is 0.268 e. The molecule has 4 rings (SSSR count). The second-order valence-corrected chi connectivity index (χ2v) is 7.04. The summed E-state index contributed by atoms with van der Waals surface area (Å²) in [4.78, 5) is 31.9. The number of hydrogen-bond donors (Lipinski definition) is 0. The van der Waals surface area contributed by atoms with Crippen LogP contribution in [0.5, 0.6) is 0 Å². The minimum atomic E-state index is -0.760. The van der Waals surface area contributed by atoms with E-state index in [1.807, 2.05) is 6.07 Å². The lowest BCUT2D eigenvalue weighted by atomic mass is 10.1. The standard InChI is InChI=1S/C22H19F2N3O3/c1-14-6-8-27(18-11-16(23)4-5-17(18)24)22(29)20(14)21(28)26-9-10-30-19(13-26)15-3-2-7-25-12-15/h2-8,11-12,19H,9-10,13H2,1H3. The van der Waals surface area contributed by atoms with E-state index in [-0.39, 0.29) is 23.9 Å². The van der Waals surface area contributed by atoms with Crippen LogP contribution in [0.3, 0.4) is 0 Å². The van der Waals surface area contributed by atoms with Crippen LogP contribution in [0.4, 0.5) is 8.78 Å². The molecule has 8 heteroatoms. The molecule has 2 aromatic heterocycles. The van der Waals surface area contributed by atoms with Gasteiger partial charge in [-0.2, -0.15) is 0 Å². The molecule has 0 spiro atoms. The number of hydrogen-bond acceptors (Lipinski definition) is 4. The second kappa shape index (κ2) is 8.16. The number of morpholine rings is 1. The monoisotopic (exact) mass is 411 g/mol. The van der Waals surface area contributed by atoms with Crippen LogP contribution < -0.4 is 5.56 Å². The molecule has 30 heavy (non-hydrogen) atoms. The fourth-order valence-corrected chi connectivity index (χ4v) is 3.51. The summed E-state index contributed by atoms with van der Waals surface area (Å²) < 4.78 is 34.6. The fourth-order valence-electron chi connectivity index (χ4n) is 3.51. The summed E-state index contributed by atoms with van der Waals surface area (Å²) in [5.41, 5.74) is 0.271. The Hall–Kier alpha value is -3.39. The van der Waals surface area contributed by atoms with Gasteiger partial charge in [-0.3, -0.25) is 19.1 Å². The number of aromatic nitrogens is 2. The third-order valence-electron chi connectivity index (χ3n) is 5.09. The Kier molecular flexibility index (Phi) is 5.41. The molecule has 1 fully saturated rings. The van der Waals surface area contributed by atoms with Gasteiger partial charge in [0.15, 0.2) is 0 Å². The summed E-state index contributed by atoms with van der Waals surface area (Å²) in [6.45, 7) is 2.52. The highest BCUT2D eigenvalue weighted by molar-refractivity contribution is 5.95. The highest BCUT2D eigenvalue weighted by Crippen LogP contribution is 2.23. The van der Waals surface area contributed by atoms with Crippen molar-refractivity contribution in [2.75, 3.05) is 19.7 Å². The Morgan fingerprint density at radius 2 is 2.07 bits per heavy atom. The van der Waals surface area contributed by atoms with Gasteiger partial charge in [0.25, 0.3) is 11.5 Å². The van der Waals surface area contributed by atoms with Crippen LogP contribution >= 0.6 is 0 Å². The van der Waals surface area contributed by atoms with Crippen LogP contribution in [0.25, 0.3) is 5.69 Å². The van der Waals surface area contributed by atoms with Crippen molar-refractivity contribution in [2.24, 2.45) is 0 Å². The van der Waals surface area contributed by atoms with E-state index < -0.39 is 23.1 Å². The van der Waals surface area contributed by atoms with Gasteiger partial charge in [0, 0.05) is 36.8 Å². The average molecular weight is 411 g/mol. The quantitative estimate of drug-likeness (QED) is 0.665. The minimum Gasteiger partial charge on any atom is -0.370 e. The summed E-state index contributed by atoms with van der Waals surface area (Å²) in [5, 5.41) is 0. The van der Waals surface area contributed by atoms with E-state index in [4.69, 9.17) is 4.74 Å². The zero-order valence-corrected chi connectivity index (χ0v) is 16.2. The summed E-state index contributed by atoms with van der Waals surface area (Å²) >= 11 is 0. The van der Waals surface area contributed by atoms with E-state index >= 15 is 0 Å². The first-order valence-electron chi connectivity index (χ1n) is 9.44. The van der Waals surface area contributed by atoms with Crippen molar-refractivity contribution in [3.8, 4) is 5.69 Å². The van der Waals surface area contributed by atoms with Gasteiger partial charge in [-0.15, -0.1) is 0 Å². The number of aryl methyl sites for hydroxylation is 1. The van der Waals surface area contributed by atoms with E-state index in [0.717, 1.165) is 28.3 Å². The van der Waals surface area contributed by atoms with Gasteiger partial charge in [0.1, 0.15) is 23.3 Å². The Morgan fingerprint density at radius 1 is 1.23 bits per heavy atom. The van der Waals surface area contributed by atoms with Gasteiger partial charge in [-0.05, 0) is 36.8 Å². The summed E-state index contributed by atoms with van der Waals surface area (Å²) in [7, 11) is 0. The highest BCUT2D eigenvalue weighted by Gasteiger charge is 2.29. The lowest BCUT2D eigenvalue weighted by Gasteiger charge is -2.33. The number of benzene rings is 1. The molecule has 1 aromatic carbocycles. The van der Waals surface area contributed by atoms with E-state index in [2.05, 4.69) is 4.98 Å². The van der Waals surface area contributed by atoms with E-state index in [1.54, 1.807) is 25.4 Å². The molecule has 1 atom stereocenters. The Labute approximate surface area is 171 Å². The number of carbonyl (C=O) groups excluding carboxylic acids is 1. The molecule has 6 nitrogen and oxygen atoms in total. The first kappa shape index (κ1) is 19.9. The maximum atomic E-state index is 14.2. The SMILES string of the molecule is Cc1ccn(-c2cc(F)ccc2F)c(=O)c1C(=O)N1CCOC(c2cccnc2)C1. The van der Waals surface area contributed by atoms with Crippen molar-refractivity contribution in [1.82, 2.24) is 14.5 Å². The lowest BCUT2D eigenvalue weighted by molar-refractivity contribution is -0.0230. The molecule has 0 N–H and O–H groups in total. The Morgan fingerprint density at radius 3 is 2.83 bits per heavy atom. The van der Waals surface area contributed by atoms with Gasteiger partial charge in [-0.1, -0.05) is 6.07 Å². The molecule has 1 unspecified atom stereocenters. The number of carbonyl (C=O) groups is 1. The van der Waals surface area contributed by atoms with Crippen LogP contribution in [0.1, 0.15) is 27.6 Å². The zero-order valence-electron chi connectivity index (χ0n) is 16.2. The molecule has 0 bridgehead atoms. The van der Waals surface area contributed by atoms with E-state index in [9.17, 15) is 18.4 Å². The predicted octanol–water partition coefficient (Wildman–Crippen LogP) is 3.03. The van der Waals surface area contributed by atoms with Crippen molar-refractivity contribution >= 4 is 5.91 Å². The summed E-state index contributed by atoms with van der Waals surface area (Å²) in [5.74, 6) is -1.91. The second-order valence-electron chi connectivity index (χ2n) is 7.04. The third kappa shape index (κ3) is 3.73. The number of ether oxygens (including phenoxy) is 1. The molecule has 3 heterocycles.